The molecular weight excluding hydrogens is 350 g/mol. The average Bonchev–Trinajstić information content (AvgIpc) is 3.21. The van der Waals surface area contributed by atoms with Crippen LogP contribution in [0, 0.1) is 11.3 Å². The van der Waals surface area contributed by atoms with Crippen molar-refractivity contribution in [3.8, 4) is 23.1 Å². The number of nitrogens with zero attached hydrogens (tertiary/aromatic N) is 2. The number of aromatic nitrogens is 2. The third kappa shape index (κ3) is 3.76. The smallest absolute Gasteiger partial charge is 0.178 e. The molecule has 2 aromatic carbocycles. The van der Waals surface area contributed by atoms with Crippen molar-refractivity contribution in [1.82, 2.24) is 9.97 Å². The number of sulfone groups is 1. The highest BCUT2D eigenvalue weighted by Crippen LogP contribution is 2.22. The van der Waals surface area contributed by atoms with Gasteiger partial charge >= 0.3 is 0 Å². The van der Waals surface area contributed by atoms with Gasteiger partial charge in [-0.25, -0.2) is 13.4 Å². The number of imidazole rings is 1. The molecule has 0 unspecified atom stereocenters. The summed E-state index contributed by atoms with van der Waals surface area (Å²) in [5.41, 5.74) is 2.74. The Labute approximate surface area is 152 Å². The molecule has 1 heterocycles. The van der Waals surface area contributed by atoms with E-state index in [9.17, 15) is 13.7 Å². The summed E-state index contributed by atoms with van der Waals surface area (Å²) in [4.78, 5) is 7.25. The SMILES string of the molecule is CCS(=O)(=O)c1ccc(COc2ccc(-c3c[nH]cn3)cc2)c(C#N)c1. The summed E-state index contributed by atoms with van der Waals surface area (Å²) in [5, 5.41) is 9.31. The molecule has 0 spiro atoms. The zero-order chi connectivity index (χ0) is 18.6. The monoisotopic (exact) mass is 367 g/mol. The van der Waals surface area contributed by atoms with E-state index in [4.69, 9.17) is 4.74 Å². The molecule has 0 amide bonds. The average molecular weight is 367 g/mol. The Balaban J connectivity index is 1.74. The highest BCUT2D eigenvalue weighted by atomic mass is 32.2. The lowest BCUT2D eigenvalue weighted by Gasteiger charge is -2.10. The molecule has 1 N–H and O–H groups in total. The van der Waals surface area contributed by atoms with Crippen molar-refractivity contribution in [2.24, 2.45) is 0 Å². The molecule has 0 saturated heterocycles. The van der Waals surface area contributed by atoms with E-state index >= 15 is 0 Å². The van der Waals surface area contributed by atoms with E-state index in [1.54, 1.807) is 25.5 Å². The fraction of sp³-hybridized carbons (Fsp3) is 0.158. The molecule has 0 aliphatic carbocycles. The molecule has 0 atom stereocenters. The Bertz CT molecular complexity index is 1030. The van der Waals surface area contributed by atoms with Gasteiger partial charge in [-0.3, -0.25) is 0 Å². The number of nitriles is 1. The molecule has 0 aliphatic heterocycles. The van der Waals surface area contributed by atoms with Crippen LogP contribution in [-0.2, 0) is 16.4 Å². The minimum Gasteiger partial charge on any atom is -0.489 e. The number of hydrogen-bond donors (Lipinski definition) is 1. The third-order valence-electron chi connectivity index (χ3n) is 3.98. The van der Waals surface area contributed by atoms with Gasteiger partial charge in [-0.1, -0.05) is 13.0 Å². The van der Waals surface area contributed by atoms with Gasteiger partial charge in [-0.05, 0) is 36.4 Å². The zero-order valence-corrected chi connectivity index (χ0v) is 15.0. The van der Waals surface area contributed by atoms with Crippen LogP contribution in [0.1, 0.15) is 18.1 Å². The second-order valence-corrected chi connectivity index (χ2v) is 7.88. The van der Waals surface area contributed by atoms with E-state index in [1.807, 2.05) is 30.3 Å². The van der Waals surface area contributed by atoms with Crippen molar-refractivity contribution in [1.29, 1.82) is 5.26 Å². The number of ether oxygens (including phenoxy) is 1. The van der Waals surface area contributed by atoms with Crippen LogP contribution < -0.4 is 4.74 Å². The highest BCUT2D eigenvalue weighted by Gasteiger charge is 2.14. The number of H-pyrrole nitrogens is 1. The fourth-order valence-corrected chi connectivity index (χ4v) is 3.35. The van der Waals surface area contributed by atoms with Crippen molar-refractivity contribution in [3.05, 3.63) is 66.1 Å². The van der Waals surface area contributed by atoms with E-state index in [-0.39, 0.29) is 17.3 Å². The summed E-state index contributed by atoms with van der Waals surface area (Å²) in [6.07, 6.45) is 3.42. The molecule has 1 aromatic heterocycles. The standard InChI is InChI=1S/C19H17N3O3S/c1-2-26(23,24)18-8-5-15(16(9-18)10-20)12-25-17-6-3-14(4-7-17)19-11-21-13-22-19/h3-9,11,13H,2,12H2,1H3,(H,21,22). The van der Waals surface area contributed by atoms with Crippen LogP contribution >= 0.6 is 0 Å². The lowest BCUT2D eigenvalue weighted by Crippen LogP contribution is -2.06. The number of nitrogens with one attached hydrogen (secondary N) is 1. The van der Waals surface area contributed by atoms with E-state index in [0.717, 1.165) is 11.3 Å². The maximum atomic E-state index is 11.9. The Morgan fingerprint density at radius 2 is 1.96 bits per heavy atom. The van der Waals surface area contributed by atoms with Gasteiger partial charge in [-0.2, -0.15) is 5.26 Å². The summed E-state index contributed by atoms with van der Waals surface area (Å²) in [6, 6.07) is 14.0. The Morgan fingerprint density at radius 1 is 1.19 bits per heavy atom. The van der Waals surface area contributed by atoms with E-state index in [1.165, 1.54) is 12.1 Å². The minimum absolute atomic E-state index is 0.00390. The number of rotatable bonds is 6. The number of hydrogen-bond acceptors (Lipinski definition) is 5. The summed E-state index contributed by atoms with van der Waals surface area (Å²) in [5.74, 6) is 0.647. The molecule has 7 heteroatoms. The molecular formula is C19H17N3O3S. The predicted molar refractivity (Wildman–Crippen MR) is 97.2 cm³/mol. The second-order valence-electron chi connectivity index (χ2n) is 5.60. The van der Waals surface area contributed by atoms with Crippen molar-refractivity contribution in [2.75, 3.05) is 5.75 Å². The molecule has 26 heavy (non-hydrogen) atoms. The molecule has 3 rings (SSSR count). The van der Waals surface area contributed by atoms with Crippen molar-refractivity contribution < 1.29 is 13.2 Å². The molecule has 0 aliphatic rings. The van der Waals surface area contributed by atoms with Gasteiger partial charge in [0.1, 0.15) is 12.4 Å². The summed E-state index contributed by atoms with van der Waals surface area (Å²) < 4.78 is 29.6. The quantitative estimate of drug-likeness (QED) is 0.721. The fourth-order valence-electron chi connectivity index (χ4n) is 2.45. The van der Waals surface area contributed by atoms with Crippen LogP contribution in [0.3, 0.4) is 0 Å². The second kappa shape index (κ2) is 7.42. The first kappa shape index (κ1) is 17.7. The summed E-state index contributed by atoms with van der Waals surface area (Å²) >= 11 is 0. The van der Waals surface area contributed by atoms with Gasteiger partial charge in [0.15, 0.2) is 9.84 Å². The van der Waals surface area contributed by atoms with Crippen LogP contribution in [0.2, 0.25) is 0 Å². The third-order valence-corrected chi connectivity index (χ3v) is 5.72. The van der Waals surface area contributed by atoms with Crippen molar-refractivity contribution >= 4 is 9.84 Å². The van der Waals surface area contributed by atoms with E-state index in [2.05, 4.69) is 9.97 Å². The Kier molecular flexibility index (Phi) is 5.05. The molecule has 0 bridgehead atoms. The molecule has 0 radical (unpaired) electrons. The van der Waals surface area contributed by atoms with Crippen molar-refractivity contribution in [3.63, 3.8) is 0 Å². The molecule has 3 aromatic rings. The Morgan fingerprint density at radius 3 is 2.58 bits per heavy atom. The van der Waals surface area contributed by atoms with Gasteiger partial charge in [0, 0.05) is 17.3 Å². The summed E-state index contributed by atoms with van der Waals surface area (Å²) in [6.45, 7) is 1.75. The highest BCUT2D eigenvalue weighted by molar-refractivity contribution is 7.91. The van der Waals surface area contributed by atoms with Crippen LogP contribution in [0.5, 0.6) is 5.75 Å². The number of aromatic amines is 1. The van der Waals surface area contributed by atoms with E-state index < -0.39 is 9.84 Å². The van der Waals surface area contributed by atoms with Gasteiger partial charge in [0.25, 0.3) is 0 Å². The largest absolute Gasteiger partial charge is 0.489 e. The molecule has 0 saturated carbocycles. The first-order valence-corrected chi connectivity index (χ1v) is 9.66. The lowest BCUT2D eigenvalue weighted by molar-refractivity contribution is 0.306. The normalized spacial score (nSPS) is 11.1. The summed E-state index contributed by atoms with van der Waals surface area (Å²) in [7, 11) is -3.34. The van der Waals surface area contributed by atoms with Crippen LogP contribution in [0.15, 0.2) is 59.9 Å². The maximum absolute atomic E-state index is 11.9. The van der Waals surface area contributed by atoms with Gasteiger partial charge in [0.2, 0.25) is 0 Å². The zero-order valence-electron chi connectivity index (χ0n) is 14.1. The minimum atomic E-state index is -3.34. The van der Waals surface area contributed by atoms with Crippen LogP contribution in [0.25, 0.3) is 11.3 Å². The molecule has 6 nitrogen and oxygen atoms in total. The number of benzene rings is 2. The maximum Gasteiger partial charge on any atom is 0.178 e. The van der Waals surface area contributed by atoms with Gasteiger partial charge < -0.3 is 9.72 Å². The topological polar surface area (TPSA) is 95.8 Å². The first-order valence-electron chi connectivity index (χ1n) is 8.01. The van der Waals surface area contributed by atoms with Crippen LogP contribution in [0.4, 0.5) is 0 Å². The van der Waals surface area contributed by atoms with Crippen LogP contribution in [-0.4, -0.2) is 24.1 Å². The van der Waals surface area contributed by atoms with E-state index in [0.29, 0.717) is 16.9 Å². The molecule has 0 fully saturated rings. The first-order chi connectivity index (χ1) is 12.5. The predicted octanol–water partition coefficient (Wildman–Crippen LogP) is 3.32. The molecule has 132 valence electrons. The van der Waals surface area contributed by atoms with Gasteiger partial charge in [-0.15, -0.1) is 0 Å². The van der Waals surface area contributed by atoms with Gasteiger partial charge in [0.05, 0.1) is 34.3 Å². The Hall–Kier alpha value is -3.11. The lowest BCUT2D eigenvalue weighted by atomic mass is 10.1. The van der Waals surface area contributed by atoms with Crippen molar-refractivity contribution in [2.45, 2.75) is 18.4 Å².